The first kappa shape index (κ1) is 22.4. The van der Waals surface area contributed by atoms with Gasteiger partial charge in [0, 0.05) is 41.2 Å². The summed E-state index contributed by atoms with van der Waals surface area (Å²) in [6, 6.07) is 12.5. The summed E-state index contributed by atoms with van der Waals surface area (Å²) in [5.74, 6) is 1.36. The standard InChI is InChI=1S/C24H19Cl2N9O/c1-27-20-9-13(6-7-28-20)22-23(26)31-24(30-22)19-5-3-16-8-14(10-21(36)35(16)19)17-11-15(25)2-4-18(17)34-12-29-32-33-34/h2,4,6-12,19H,3,5H2,1H3,(H,27,28)(H,30,31)/t19-/m0/s1. The van der Waals surface area contributed by atoms with Gasteiger partial charge in [-0.15, -0.1) is 5.10 Å². The fourth-order valence-corrected chi connectivity index (χ4v) is 5.08. The average Bonchev–Trinajstić information content (AvgIpc) is 3.64. The van der Waals surface area contributed by atoms with Gasteiger partial charge in [0.05, 0.1) is 17.4 Å². The number of nitrogens with one attached hydrogen (secondary N) is 2. The zero-order chi connectivity index (χ0) is 24.8. The van der Waals surface area contributed by atoms with Gasteiger partial charge in [-0.2, -0.15) is 4.68 Å². The van der Waals surface area contributed by atoms with Crippen molar-refractivity contribution in [2.24, 2.45) is 0 Å². The van der Waals surface area contributed by atoms with Gasteiger partial charge in [0.25, 0.3) is 5.56 Å². The van der Waals surface area contributed by atoms with Crippen LogP contribution in [-0.4, -0.2) is 46.8 Å². The fraction of sp³-hybridized carbons (Fsp3) is 0.167. The van der Waals surface area contributed by atoms with Crippen LogP contribution in [0.2, 0.25) is 10.2 Å². The molecule has 0 unspecified atom stereocenters. The van der Waals surface area contributed by atoms with E-state index in [1.807, 2.05) is 30.3 Å². The van der Waals surface area contributed by atoms with Crippen molar-refractivity contribution in [2.45, 2.75) is 18.9 Å². The minimum atomic E-state index is -0.253. The lowest BCUT2D eigenvalue weighted by Crippen LogP contribution is -2.24. The predicted molar refractivity (Wildman–Crippen MR) is 137 cm³/mol. The minimum absolute atomic E-state index is 0.136. The van der Waals surface area contributed by atoms with Crippen molar-refractivity contribution in [2.75, 3.05) is 12.4 Å². The number of imidazole rings is 1. The molecular weight excluding hydrogens is 501 g/mol. The number of pyridine rings is 2. The molecule has 12 heteroatoms. The second-order valence-electron chi connectivity index (χ2n) is 8.38. The van der Waals surface area contributed by atoms with E-state index in [-0.39, 0.29) is 11.6 Å². The van der Waals surface area contributed by atoms with Crippen LogP contribution >= 0.6 is 23.2 Å². The number of fused-ring (bicyclic) bond motifs is 1. The Kier molecular flexibility index (Phi) is 5.54. The Hall–Kier alpha value is -4.02. The number of benzene rings is 1. The molecule has 5 heterocycles. The highest BCUT2D eigenvalue weighted by Gasteiger charge is 2.29. The van der Waals surface area contributed by atoms with E-state index in [4.69, 9.17) is 23.2 Å². The molecule has 1 aliphatic rings. The Morgan fingerprint density at radius 1 is 1.11 bits per heavy atom. The summed E-state index contributed by atoms with van der Waals surface area (Å²) in [5.41, 5.74) is 4.55. The number of nitrogens with zero attached hydrogens (tertiary/aromatic N) is 7. The quantitative estimate of drug-likeness (QED) is 0.357. The molecule has 2 N–H and O–H groups in total. The van der Waals surface area contributed by atoms with Gasteiger partial charge in [0.1, 0.15) is 18.0 Å². The Morgan fingerprint density at radius 3 is 2.81 bits per heavy atom. The van der Waals surface area contributed by atoms with Crippen LogP contribution in [0.4, 0.5) is 5.82 Å². The lowest BCUT2D eigenvalue weighted by Gasteiger charge is -2.15. The molecule has 0 saturated heterocycles. The second kappa shape index (κ2) is 8.89. The highest BCUT2D eigenvalue weighted by Crippen LogP contribution is 2.36. The Bertz CT molecular complexity index is 1640. The molecule has 0 bridgehead atoms. The molecule has 0 saturated carbocycles. The molecule has 1 aliphatic heterocycles. The van der Waals surface area contributed by atoms with Crippen molar-refractivity contribution < 1.29 is 0 Å². The van der Waals surface area contributed by atoms with Crippen LogP contribution in [0.1, 0.15) is 24.0 Å². The maximum absolute atomic E-state index is 13.4. The van der Waals surface area contributed by atoms with Gasteiger partial charge in [-0.25, -0.2) is 9.97 Å². The number of aromatic nitrogens is 8. The number of anilines is 1. The molecule has 6 rings (SSSR count). The molecule has 10 nitrogen and oxygen atoms in total. The zero-order valence-corrected chi connectivity index (χ0v) is 20.5. The number of hydrogen-bond acceptors (Lipinski definition) is 7. The predicted octanol–water partition coefficient (Wildman–Crippen LogP) is 4.16. The van der Waals surface area contributed by atoms with Crippen molar-refractivity contribution in [3.63, 3.8) is 0 Å². The van der Waals surface area contributed by atoms with Crippen molar-refractivity contribution in [1.82, 2.24) is 39.7 Å². The van der Waals surface area contributed by atoms with Gasteiger partial charge >= 0.3 is 0 Å². The van der Waals surface area contributed by atoms with Gasteiger partial charge in [-0.05, 0) is 65.2 Å². The number of aryl methyl sites for hydroxylation is 1. The number of rotatable bonds is 5. The molecule has 0 spiro atoms. The summed E-state index contributed by atoms with van der Waals surface area (Å²) >= 11 is 12.8. The molecule has 5 aromatic rings. The van der Waals surface area contributed by atoms with E-state index < -0.39 is 0 Å². The Morgan fingerprint density at radius 2 is 2.00 bits per heavy atom. The smallest absolute Gasteiger partial charge is 0.252 e. The van der Waals surface area contributed by atoms with E-state index in [0.29, 0.717) is 28.1 Å². The van der Waals surface area contributed by atoms with E-state index >= 15 is 0 Å². The van der Waals surface area contributed by atoms with Crippen molar-refractivity contribution in [3.8, 4) is 28.1 Å². The number of H-pyrrole nitrogens is 1. The molecule has 4 aromatic heterocycles. The molecule has 0 amide bonds. The van der Waals surface area contributed by atoms with Gasteiger partial charge in [0.15, 0.2) is 5.15 Å². The monoisotopic (exact) mass is 519 g/mol. The van der Waals surface area contributed by atoms with Crippen molar-refractivity contribution >= 4 is 29.0 Å². The number of aromatic amines is 1. The lowest BCUT2D eigenvalue weighted by molar-refractivity contribution is 0.572. The third-order valence-electron chi connectivity index (χ3n) is 6.30. The summed E-state index contributed by atoms with van der Waals surface area (Å²) in [4.78, 5) is 25.6. The molecule has 1 atom stereocenters. The van der Waals surface area contributed by atoms with Gasteiger partial charge in [0.2, 0.25) is 0 Å². The van der Waals surface area contributed by atoms with Crippen LogP contribution in [0.15, 0.2) is 59.8 Å². The average molecular weight is 520 g/mol. The number of tetrazole rings is 1. The van der Waals surface area contributed by atoms with Crippen LogP contribution in [0.25, 0.3) is 28.1 Å². The first-order valence-corrected chi connectivity index (χ1v) is 12.0. The second-order valence-corrected chi connectivity index (χ2v) is 9.18. The van der Waals surface area contributed by atoms with Crippen LogP contribution in [0.3, 0.4) is 0 Å². The Labute approximate surface area is 214 Å². The largest absolute Gasteiger partial charge is 0.373 e. The van der Waals surface area contributed by atoms with E-state index in [2.05, 4.69) is 35.8 Å². The van der Waals surface area contributed by atoms with Crippen LogP contribution < -0.4 is 10.9 Å². The van der Waals surface area contributed by atoms with Gasteiger partial charge in [-0.3, -0.25) is 4.79 Å². The molecule has 0 aliphatic carbocycles. The summed E-state index contributed by atoms with van der Waals surface area (Å²) < 4.78 is 3.32. The number of halogens is 2. The van der Waals surface area contributed by atoms with Crippen LogP contribution in [0, 0.1) is 0 Å². The fourth-order valence-electron chi connectivity index (χ4n) is 4.66. The third kappa shape index (κ3) is 3.84. The topological polar surface area (TPSA) is 119 Å². The van der Waals surface area contributed by atoms with E-state index in [1.54, 1.807) is 34.6 Å². The SMILES string of the molecule is CNc1cc(-c2[nH]c([C@@H]3CCc4cc(-c5cc(Cl)ccc5-n5cnnn5)cc(=O)n43)nc2Cl)ccn1. The van der Waals surface area contributed by atoms with E-state index in [1.165, 1.54) is 6.33 Å². The molecule has 1 aromatic carbocycles. The van der Waals surface area contributed by atoms with Crippen LogP contribution in [0.5, 0.6) is 0 Å². The molecular formula is C24H19Cl2N9O. The summed E-state index contributed by atoms with van der Waals surface area (Å²) in [6.07, 6.45) is 4.63. The van der Waals surface area contributed by atoms with E-state index in [0.717, 1.165) is 40.3 Å². The van der Waals surface area contributed by atoms with Gasteiger partial charge in [-0.1, -0.05) is 23.2 Å². The highest BCUT2D eigenvalue weighted by atomic mass is 35.5. The maximum atomic E-state index is 13.4. The molecule has 180 valence electrons. The summed E-state index contributed by atoms with van der Waals surface area (Å²) in [7, 11) is 1.80. The van der Waals surface area contributed by atoms with Crippen LogP contribution in [-0.2, 0) is 6.42 Å². The molecule has 0 radical (unpaired) electrons. The van der Waals surface area contributed by atoms with Crippen molar-refractivity contribution in [3.05, 3.63) is 87.0 Å². The van der Waals surface area contributed by atoms with Gasteiger partial charge < -0.3 is 14.9 Å². The Balaban J connectivity index is 1.40. The first-order valence-electron chi connectivity index (χ1n) is 11.2. The molecule has 0 fully saturated rings. The lowest BCUT2D eigenvalue weighted by atomic mass is 10.0. The summed E-state index contributed by atoms with van der Waals surface area (Å²) in [6.45, 7) is 0. The first-order chi connectivity index (χ1) is 17.5. The number of hydrogen-bond donors (Lipinski definition) is 2. The molecule has 36 heavy (non-hydrogen) atoms. The third-order valence-corrected chi connectivity index (χ3v) is 6.81. The van der Waals surface area contributed by atoms with Crippen molar-refractivity contribution in [1.29, 1.82) is 0 Å². The normalized spacial score (nSPS) is 14.7. The summed E-state index contributed by atoms with van der Waals surface area (Å²) in [5, 5.41) is 15.4. The van der Waals surface area contributed by atoms with E-state index in [9.17, 15) is 4.79 Å². The minimum Gasteiger partial charge on any atom is -0.373 e. The highest BCUT2D eigenvalue weighted by molar-refractivity contribution is 6.32. The zero-order valence-electron chi connectivity index (χ0n) is 19.0. The maximum Gasteiger partial charge on any atom is 0.252 e.